The standard InChI is InChI=1S/C23H18ClN3O4S/c1-3-30-19-12-16(6-10-18(19)31-14(2)28)13-20-22(29)27-23(32-20)25-21(26-27)11-7-15-4-8-17(24)9-5-15/h4-13H,3H2,1-2H3/b11-7+,20-13+. The molecule has 0 saturated carbocycles. The Morgan fingerprint density at radius 3 is 2.56 bits per heavy atom. The summed E-state index contributed by atoms with van der Waals surface area (Å²) in [6.07, 6.45) is 5.33. The summed E-state index contributed by atoms with van der Waals surface area (Å²) in [6.45, 7) is 3.57. The van der Waals surface area contributed by atoms with Gasteiger partial charge >= 0.3 is 5.97 Å². The zero-order chi connectivity index (χ0) is 22.7. The van der Waals surface area contributed by atoms with Gasteiger partial charge in [-0.25, -0.2) is 0 Å². The number of nitrogens with zero attached hydrogens (tertiary/aromatic N) is 3. The topological polar surface area (TPSA) is 82.8 Å². The number of ether oxygens (including phenoxy) is 2. The Morgan fingerprint density at radius 2 is 1.88 bits per heavy atom. The number of thiazole rings is 1. The van der Waals surface area contributed by atoms with Gasteiger partial charge in [-0.2, -0.15) is 9.50 Å². The lowest BCUT2D eigenvalue weighted by Crippen LogP contribution is -2.23. The van der Waals surface area contributed by atoms with Crippen molar-refractivity contribution in [1.82, 2.24) is 14.6 Å². The molecule has 0 aliphatic heterocycles. The number of benzene rings is 2. The number of aromatic nitrogens is 3. The van der Waals surface area contributed by atoms with E-state index in [9.17, 15) is 9.59 Å². The summed E-state index contributed by atoms with van der Waals surface area (Å²) in [6, 6.07) is 12.5. The van der Waals surface area contributed by atoms with E-state index >= 15 is 0 Å². The molecule has 0 aliphatic rings. The molecule has 9 heteroatoms. The maximum Gasteiger partial charge on any atom is 0.308 e. The number of hydrogen-bond acceptors (Lipinski definition) is 7. The lowest BCUT2D eigenvalue weighted by Gasteiger charge is -2.10. The minimum absolute atomic E-state index is 0.259. The van der Waals surface area contributed by atoms with Gasteiger partial charge in [-0.05, 0) is 54.5 Å². The van der Waals surface area contributed by atoms with Crippen LogP contribution in [0.4, 0.5) is 0 Å². The van der Waals surface area contributed by atoms with E-state index in [-0.39, 0.29) is 5.56 Å². The molecule has 0 atom stereocenters. The summed E-state index contributed by atoms with van der Waals surface area (Å²) < 4.78 is 12.5. The fraction of sp³-hybridized carbons (Fsp3) is 0.130. The molecule has 0 unspecified atom stereocenters. The lowest BCUT2D eigenvalue weighted by atomic mass is 10.2. The number of fused-ring (bicyclic) bond motifs is 1. The summed E-state index contributed by atoms with van der Waals surface area (Å²) >= 11 is 7.14. The monoisotopic (exact) mass is 467 g/mol. The predicted molar refractivity (Wildman–Crippen MR) is 125 cm³/mol. The van der Waals surface area contributed by atoms with Crippen molar-refractivity contribution in [2.24, 2.45) is 0 Å². The first-order valence-electron chi connectivity index (χ1n) is 9.73. The number of carbonyl (C=O) groups is 1. The average molecular weight is 468 g/mol. The first-order valence-corrected chi connectivity index (χ1v) is 10.9. The van der Waals surface area contributed by atoms with Crippen LogP contribution in [0.3, 0.4) is 0 Å². The van der Waals surface area contributed by atoms with Crippen molar-refractivity contribution in [1.29, 1.82) is 0 Å². The zero-order valence-electron chi connectivity index (χ0n) is 17.2. The second-order valence-electron chi connectivity index (χ2n) is 6.70. The normalized spacial score (nSPS) is 12.0. The maximum absolute atomic E-state index is 12.8. The Kier molecular flexibility index (Phi) is 6.34. The van der Waals surface area contributed by atoms with Gasteiger partial charge in [-0.3, -0.25) is 9.59 Å². The van der Waals surface area contributed by atoms with Gasteiger partial charge in [0.1, 0.15) is 0 Å². The molecule has 2 heterocycles. The fourth-order valence-electron chi connectivity index (χ4n) is 2.94. The maximum atomic E-state index is 12.8. The molecule has 0 bridgehead atoms. The molecule has 0 N–H and O–H groups in total. The highest BCUT2D eigenvalue weighted by Gasteiger charge is 2.11. The van der Waals surface area contributed by atoms with Crippen LogP contribution >= 0.6 is 22.9 Å². The summed E-state index contributed by atoms with van der Waals surface area (Å²) in [7, 11) is 0. The molecular formula is C23H18ClN3O4S. The van der Waals surface area contributed by atoms with E-state index < -0.39 is 5.97 Å². The van der Waals surface area contributed by atoms with Gasteiger partial charge in [-0.1, -0.05) is 47.2 Å². The molecule has 0 spiro atoms. The molecule has 4 rings (SSSR count). The van der Waals surface area contributed by atoms with E-state index in [2.05, 4.69) is 10.1 Å². The summed E-state index contributed by atoms with van der Waals surface area (Å²) in [5.41, 5.74) is 1.42. The van der Waals surface area contributed by atoms with Gasteiger partial charge in [0.2, 0.25) is 4.96 Å². The largest absolute Gasteiger partial charge is 0.490 e. The Balaban J connectivity index is 1.64. The quantitative estimate of drug-likeness (QED) is 0.316. The molecular weight excluding hydrogens is 450 g/mol. The van der Waals surface area contributed by atoms with E-state index in [4.69, 9.17) is 21.1 Å². The first-order chi connectivity index (χ1) is 15.4. The molecule has 2 aromatic heterocycles. The van der Waals surface area contributed by atoms with Crippen molar-refractivity contribution in [3.8, 4) is 11.5 Å². The first kappa shape index (κ1) is 21.7. The fourth-order valence-corrected chi connectivity index (χ4v) is 3.98. The molecule has 0 aliphatic carbocycles. The smallest absolute Gasteiger partial charge is 0.308 e. The van der Waals surface area contributed by atoms with E-state index in [0.29, 0.717) is 38.4 Å². The van der Waals surface area contributed by atoms with Crippen molar-refractivity contribution in [3.05, 3.63) is 79.3 Å². The molecule has 0 saturated heterocycles. The third-order valence-corrected chi connectivity index (χ3v) is 5.52. The molecule has 0 amide bonds. The van der Waals surface area contributed by atoms with E-state index in [1.165, 1.54) is 22.8 Å². The summed E-state index contributed by atoms with van der Waals surface area (Å²) in [5, 5.41) is 4.95. The van der Waals surface area contributed by atoms with Gasteiger partial charge in [0.05, 0.1) is 11.1 Å². The van der Waals surface area contributed by atoms with Gasteiger partial charge < -0.3 is 9.47 Å². The zero-order valence-corrected chi connectivity index (χ0v) is 18.8. The third-order valence-electron chi connectivity index (χ3n) is 4.31. The van der Waals surface area contributed by atoms with Crippen molar-refractivity contribution in [2.75, 3.05) is 6.61 Å². The van der Waals surface area contributed by atoms with Gasteiger partial charge in [0.15, 0.2) is 17.3 Å². The number of hydrogen-bond donors (Lipinski definition) is 0. The highest BCUT2D eigenvalue weighted by molar-refractivity contribution is 7.15. The van der Waals surface area contributed by atoms with Crippen LogP contribution in [0.2, 0.25) is 5.02 Å². The average Bonchev–Trinajstić information content (AvgIpc) is 3.28. The van der Waals surface area contributed by atoms with Crippen molar-refractivity contribution < 1.29 is 14.3 Å². The predicted octanol–water partition coefficient (Wildman–Crippen LogP) is 3.85. The second-order valence-corrected chi connectivity index (χ2v) is 8.14. The molecule has 162 valence electrons. The number of halogens is 1. The molecule has 32 heavy (non-hydrogen) atoms. The van der Waals surface area contributed by atoms with Crippen LogP contribution in [0.25, 0.3) is 23.2 Å². The van der Waals surface area contributed by atoms with Crippen molar-refractivity contribution in [3.63, 3.8) is 0 Å². The Morgan fingerprint density at radius 1 is 1.12 bits per heavy atom. The minimum atomic E-state index is -0.434. The Hall–Kier alpha value is -3.49. The second kappa shape index (κ2) is 9.33. The van der Waals surface area contributed by atoms with Crippen LogP contribution in [0.5, 0.6) is 11.5 Å². The SMILES string of the molecule is CCOc1cc(/C=c2/sc3nc(/C=C/c4ccc(Cl)cc4)nn3c2=O)ccc1OC(C)=O. The molecule has 7 nitrogen and oxygen atoms in total. The van der Waals surface area contributed by atoms with Crippen LogP contribution in [0.15, 0.2) is 47.3 Å². The molecule has 0 fully saturated rings. The molecule has 0 radical (unpaired) electrons. The highest BCUT2D eigenvalue weighted by atomic mass is 35.5. The third kappa shape index (κ3) is 4.87. The van der Waals surface area contributed by atoms with Crippen molar-refractivity contribution in [2.45, 2.75) is 13.8 Å². The van der Waals surface area contributed by atoms with Crippen LogP contribution in [0.1, 0.15) is 30.8 Å². The summed E-state index contributed by atoms with van der Waals surface area (Å²) in [5.74, 6) is 0.770. The Labute approximate surface area is 192 Å². The van der Waals surface area contributed by atoms with Crippen LogP contribution in [-0.2, 0) is 4.79 Å². The van der Waals surface area contributed by atoms with E-state index in [0.717, 1.165) is 11.1 Å². The van der Waals surface area contributed by atoms with E-state index in [1.807, 2.05) is 25.1 Å². The van der Waals surface area contributed by atoms with Crippen molar-refractivity contribution >= 4 is 52.1 Å². The number of carbonyl (C=O) groups excluding carboxylic acids is 1. The van der Waals surface area contributed by atoms with Crippen LogP contribution in [0, 0.1) is 0 Å². The minimum Gasteiger partial charge on any atom is -0.490 e. The van der Waals surface area contributed by atoms with Gasteiger partial charge in [0, 0.05) is 11.9 Å². The molecule has 4 aromatic rings. The number of rotatable bonds is 6. The van der Waals surface area contributed by atoms with E-state index in [1.54, 1.807) is 42.5 Å². The van der Waals surface area contributed by atoms with Crippen LogP contribution in [-0.4, -0.2) is 27.2 Å². The highest BCUT2D eigenvalue weighted by Crippen LogP contribution is 2.29. The van der Waals surface area contributed by atoms with Gasteiger partial charge in [-0.15, -0.1) is 5.10 Å². The Bertz CT molecular complexity index is 1420. The lowest BCUT2D eigenvalue weighted by molar-refractivity contribution is -0.132. The molecule has 2 aromatic carbocycles. The number of esters is 1. The van der Waals surface area contributed by atoms with Crippen LogP contribution < -0.4 is 19.6 Å². The summed E-state index contributed by atoms with van der Waals surface area (Å²) in [4.78, 5) is 29.0. The van der Waals surface area contributed by atoms with Gasteiger partial charge in [0.25, 0.3) is 5.56 Å².